The molecule has 0 saturated carbocycles. The molecule has 0 radical (unpaired) electrons. The number of ether oxygens (including phenoxy) is 1. The number of benzene rings is 1. The first-order valence-electron chi connectivity index (χ1n) is 8.59. The monoisotopic (exact) mass is 330 g/mol. The fourth-order valence-corrected chi connectivity index (χ4v) is 2.92. The molecule has 1 aliphatic rings. The van der Waals surface area contributed by atoms with Crippen LogP contribution in [0.4, 0.5) is 0 Å². The second-order valence-electron chi connectivity index (χ2n) is 6.42. The van der Waals surface area contributed by atoms with E-state index in [0.29, 0.717) is 18.4 Å². The van der Waals surface area contributed by atoms with Crippen LogP contribution < -0.4 is 5.32 Å². The zero-order valence-corrected chi connectivity index (χ0v) is 14.4. The first kappa shape index (κ1) is 17.1. The normalized spacial score (nSPS) is 20.2. The highest BCUT2D eigenvalue weighted by Gasteiger charge is 2.23. The summed E-state index contributed by atoms with van der Waals surface area (Å²) in [6, 6.07) is 10.9. The summed E-state index contributed by atoms with van der Waals surface area (Å²) in [5.74, 6) is 1.42. The molecular formula is C18H26N4O2. The SMILES string of the molecule is CNC(C)Cc1noc(CC2CN(Cc3ccccc3)CCO2)n1. The van der Waals surface area contributed by atoms with Crippen LogP contribution in [0.3, 0.4) is 0 Å². The predicted molar refractivity (Wildman–Crippen MR) is 91.7 cm³/mol. The summed E-state index contributed by atoms with van der Waals surface area (Å²) in [5, 5.41) is 7.24. The van der Waals surface area contributed by atoms with Crippen molar-refractivity contribution in [2.45, 2.75) is 38.5 Å². The zero-order valence-electron chi connectivity index (χ0n) is 14.4. The maximum absolute atomic E-state index is 5.88. The van der Waals surface area contributed by atoms with Crippen molar-refractivity contribution in [2.75, 3.05) is 26.7 Å². The Hall–Kier alpha value is -1.76. The average molecular weight is 330 g/mol. The molecule has 1 fully saturated rings. The number of nitrogens with zero attached hydrogens (tertiary/aromatic N) is 3. The first-order valence-corrected chi connectivity index (χ1v) is 8.59. The third-order valence-corrected chi connectivity index (χ3v) is 4.37. The van der Waals surface area contributed by atoms with Crippen molar-refractivity contribution in [3.05, 3.63) is 47.6 Å². The maximum Gasteiger partial charge on any atom is 0.229 e. The summed E-state index contributed by atoms with van der Waals surface area (Å²) in [7, 11) is 1.93. The van der Waals surface area contributed by atoms with Crippen molar-refractivity contribution >= 4 is 0 Å². The number of nitrogens with one attached hydrogen (secondary N) is 1. The van der Waals surface area contributed by atoms with Gasteiger partial charge in [0.05, 0.1) is 19.1 Å². The van der Waals surface area contributed by atoms with Crippen molar-refractivity contribution in [2.24, 2.45) is 0 Å². The molecule has 2 heterocycles. The van der Waals surface area contributed by atoms with Crippen LogP contribution in [0.5, 0.6) is 0 Å². The Bertz CT molecular complexity index is 616. The summed E-state index contributed by atoms with van der Waals surface area (Å²) in [6.07, 6.45) is 1.55. The minimum Gasteiger partial charge on any atom is -0.375 e. The van der Waals surface area contributed by atoms with Crippen LogP contribution in [0.25, 0.3) is 0 Å². The minimum absolute atomic E-state index is 0.109. The van der Waals surface area contributed by atoms with E-state index in [-0.39, 0.29) is 6.10 Å². The molecule has 1 aliphatic heterocycles. The highest BCUT2D eigenvalue weighted by Crippen LogP contribution is 2.14. The van der Waals surface area contributed by atoms with Crippen molar-refractivity contribution in [3.8, 4) is 0 Å². The van der Waals surface area contributed by atoms with E-state index >= 15 is 0 Å². The van der Waals surface area contributed by atoms with Gasteiger partial charge in [-0.1, -0.05) is 35.5 Å². The van der Waals surface area contributed by atoms with E-state index in [9.17, 15) is 0 Å². The van der Waals surface area contributed by atoms with Gasteiger partial charge in [0.2, 0.25) is 5.89 Å². The Kier molecular flexibility index (Phi) is 5.96. The summed E-state index contributed by atoms with van der Waals surface area (Å²) in [4.78, 5) is 6.91. The van der Waals surface area contributed by atoms with E-state index in [1.54, 1.807) is 0 Å². The molecule has 130 valence electrons. The van der Waals surface area contributed by atoms with E-state index in [0.717, 1.165) is 38.5 Å². The molecule has 1 N–H and O–H groups in total. The Morgan fingerprint density at radius 2 is 2.17 bits per heavy atom. The Morgan fingerprint density at radius 1 is 1.33 bits per heavy atom. The lowest BCUT2D eigenvalue weighted by molar-refractivity contribution is -0.0335. The molecular weight excluding hydrogens is 304 g/mol. The molecule has 2 aromatic rings. The molecule has 0 aliphatic carbocycles. The molecule has 0 amide bonds. The van der Waals surface area contributed by atoms with Gasteiger partial charge in [-0.25, -0.2) is 0 Å². The number of morpholine rings is 1. The van der Waals surface area contributed by atoms with Gasteiger partial charge >= 0.3 is 0 Å². The predicted octanol–water partition coefficient (Wildman–Crippen LogP) is 1.66. The van der Waals surface area contributed by atoms with Crippen LogP contribution in [0.1, 0.15) is 24.2 Å². The second kappa shape index (κ2) is 8.37. The van der Waals surface area contributed by atoms with Gasteiger partial charge < -0.3 is 14.6 Å². The lowest BCUT2D eigenvalue weighted by Gasteiger charge is -2.32. The van der Waals surface area contributed by atoms with Gasteiger partial charge in [-0.05, 0) is 19.5 Å². The molecule has 24 heavy (non-hydrogen) atoms. The number of likely N-dealkylation sites (N-methyl/N-ethyl adjacent to an activating group) is 1. The molecule has 6 heteroatoms. The summed E-state index contributed by atoms with van der Waals surface area (Å²) in [5.41, 5.74) is 1.33. The fraction of sp³-hybridized carbons (Fsp3) is 0.556. The molecule has 0 spiro atoms. The van der Waals surface area contributed by atoms with Gasteiger partial charge in [0, 0.05) is 32.1 Å². The third-order valence-electron chi connectivity index (χ3n) is 4.37. The molecule has 1 saturated heterocycles. The van der Waals surface area contributed by atoms with E-state index in [1.165, 1.54) is 5.56 Å². The minimum atomic E-state index is 0.109. The molecule has 2 unspecified atom stereocenters. The van der Waals surface area contributed by atoms with Crippen LogP contribution in [0.15, 0.2) is 34.9 Å². The topological polar surface area (TPSA) is 63.4 Å². The zero-order chi connectivity index (χ0) is 16.8. The smallest absolute Gasteiger partial charge is 0.229 e. The van der Waals surface area contributed by atoms with Crippen LogP contribution in [0.2, 0.25) is 0 Å². The van der Waals surface area contributed by atoms with Crippen LogP contribution >= 0.6 is 0 Å². The third kappa shape index (κ3) is 4.87. The molecule has 3 rings (SSSR count). The average Bonchev–Trinajstić information content (AvgIpc) is 3.03. The highest BCUT2D eigenvalue weighted by atomic mass is 16.5. The summed E-state index contributed by atoms with van der Waals surface area (Å²) in [6.45, 7) is 5.65. The fourth-order valence-electron chi connectivity index (χ4n) is 2.92. The van der Waals surface area contributed by atoms with Crippen LogP contribution in [-0.2, 0) is 24.1 Å². The molecule has 1 aromatic heterocycles. The molecule has 6 nitrogen and oxygen atoms in total. The van der Waals surface area contributed by atoms with Gasteiger partial charge in [-0.3, -0.25) is 4.90 Å². The van der Waals surface area contributed by atoms with Gasteiger partial charge in [0.25, 0.3) is 0 Å². The van der Waals surface area contributed by atoms with Crippen molar-refractivity contribution in [3.63, 3.8) is 0 Å². The Labute approximate surface area is 143 Å². The number of hydrogen-bond donors (Lipinski definition) is 1. The van der Waals surface area contributed by atoms with Gasteiger partial charge in [-0.2, -0.15) is 4.98 Å². The van der Waals surface area contributed by atoms with Crippen molar-refractivity contribution in [1.29, 1.82) is 0 Å². The number of rotatable bonds is 7. The number of hydrogen-bond acceptors (Lipinski definition) is 6. The van der Waals surface area contributed by atoms with E-state index in [4.69, 9.17) is 9.26 Å². The van der Waals surface area contributed by atoms with Crippen LogP contribution in [0, 0.1) is 0 Å². The van der Waals surface area contributed by atoms with Crippen molar-refractivity contribution < 1.29 is 9.26 Å². The van der Waals surface area contributed by atoms with Crippen molar-refractivity contribution in [1.82, 2.24) is 20.4 Å². The lowest BCUT2D eigenvalue weighted by Crippen LogP contribution is -2.42. The molecule has 2 atom stereocenters. The van der Waals surface area contributed by atoms with Gasteiger partial charge in [0.15, 0.2) is 5.82 Å². The summed E-state index contributed by atoms with van der Waals surface area (Å²) < 4.78 is 11.3. The van der Waals surface area contributed by atoms with E-state index in [1.807, 2.05) is 13.1 Å². The number of aromatic nitrogens is 2. The quantitative estimate of drug-likeness (QED) is 0.833. The van der Waals surface area contributed by atoms with Gasteiger partial charge in [0.1, 0.15) is 0 Å². The van der Waals surface area contributed by atoms with E-state index in [2.05, 4.69) is 51.5 Å². The largest absolute Gasteiger partial charge is 0.375 e. The first-order chi connectivity index (χ1) is 11.7. The highest BCUT2D eigenvalue weighted by molar-refractivity contribution is 5.14. The lowest BCUT2D eigenvalue weighted by atomic mass is 10.1. The molecule has 1 aromatic carbocycles. The Morgan fingerprint density at radius 3 is 2.96 bits per heavy atom. The summed E-state index contributed by atoms with van der Waals surface area (Å²) >= 11 is 0. The van der Waals surface area contributed by atoms with Gasteiger partial charge in [-0.15, -0.1) is 0 Å². The van der Waals surface area contributed by atoms with E-state index < -0.39 is 0 Å². The maximum atomic E-state index is 5.88. The molecule has 0 bridgehead atoms. The van der Waals surface area contributed by atoms with Crippen LogP contribution in [-0.4, -0.2) is 53.9 Å². The Balaban J connectivity index is 1.52. The second-order valence-corrected chi connectivity index (χ2v) is 6.42. The standard InChI is InChI=1S/C18H26N4O2/c1-14(19-2)10-17-20-18(24-21-17)11-16-13-22(8-9-23-16)12-15-6-4-3-5-7-15/h3-7,14,16,19H,8-13H2,1-2H3.